The lowest BCUT2D eigenvalue weighted by Gasteiger charge is -2.04. The van der Waals surface area contributed by atoms with Gasteiger partial charge in [0.2, 0.25) is 0 Å². The quantitative estimate of drug-likeness (QED) is 0.0752. The Kier molecular flexibility index (Phi) is 16.3. The van der Waals surface area contributed by atoms with E-state index in [2.05, 4.69) is 55.5 Å². The van der Waals surface area contributed by atoms with Gasteiger partial charge in [0.1, 0.15) is 0 Å². The first-order chi connectivity index (χ1) is 39.0. The number of aryl methyl sites for hydroxylation is 1. The Labute approximate surface area is 464 Å². The Hall–Kier alpha value is -10.5. The number of nitrogens with zero attached hydrogens (tertiary/aromatic N) is 7. The zero-order valence-corrected chi connectivity index (χ0v) is 43.9. The largest absolute Gasteiger partial charge is 0.305 e. The number of hydrogen-bond acceptors (Lipinski definition) is 8. The number of nitro groups is 1. The molecule has 3 heterocycles. The number of carbonyl (C=O) groups excluding carboxylic acids is 3. The van der Waals surface area contributed by atoms with E-state index in [0.29, 0.717) is 58.8 Å². The Morgan fingerprint density at radius 3 is 1.02 bits per heavy atom. The fourth-order valence-electron chi connectivity index (χ4n) is 8.87. The second-order valence-corrected chi connectivity index (χ2v) is 19.0. The molecule has 3 aromatic heterocycles. The monoisotopic (exact) mass is 1070 g/mol. The van der Waals surface area contributed by atoms with Crippen LogP contribution in [-0.2, 0) is 19.6 Å². The molecule has 80 heavy (non-hydrogen) atoms. The van der Waals surface area contributed by atoms with Crippen molar-refractivity contribution in [2.24, 2.45) is 0 Å². The summed E-state index contributed by atoms with van der Waals surface area (Å²) in [6.45, 7) is 3.87. The third-order valence-corrected chi connectivity index (χ3v) is 13.2. The fourth-order valence-corrected chi connectivity index (χ4v) is 9.00. The van der Waals surface area contributed by atoms with Crippen LogP contribution in [0, 0.1) is 17.0 Å². The molecule has 15 nitrogen and oxygen atoms in total. The average molecular weight is 1080 g/mol. The smallest absolute Gasteiger partial charge is 0.269 e. The van der Waals surface area contributed by atoms with Crippen molar-refractivity contribution in [1.82, 2.24) is 29.3 Å². The molecular formula is C64H51ClN10O5. The molecule has 0 saturated carbocycles. The van der Waals surface area contributed by atoms with Gasteiger partial charge in [0.15, 0.2) is 17.5 Å². The van der Waals surface area contributed by atoms with Crippen LogP contribution in [0.4, 0.5) is 23.1 Å². The highest BCUT2D eigenvalue weighted by molar-refractivity contribution is 6.30. The molecule has 394 valence electrons. The number of fused-ring (bicyclic) bond motifs is 3. The molecule has 0 aliphatic heterocycles. The van der Waals surface area contributed by atoms with Crippen LogP contribution in [0.3, 0.4) is 0 Å². The number of amides is 3. The molecule has 12 rings (SSSR count). The van der Waals surface area contributed by atoms with Crippen LogP contribution >= 0.6 is 11.6 Å². The van der Waals surface area contributed by atoms with E-state index in [1.165, 1.54) is 24.3 Å². The van der Waals surface area contributed by atoms with Gasteiger partial charge < -0.3 is 16.0 Å². The molecular weight excluding hydrogens is 1020 g/mol. The van der Waals surface area contributed by atoms with Gasteiger partial charge >= 0.3 is 0 Å². The maximum atomic E-state index is 12.6. The normalized spacial score (nSPS) is 10.8. The van der Waals surface area contributed by atoms with Crippen LogP contribution in [-0.4, -0.2) is 52.0 Å². The Bertz CT molecular complexity index is 3940. The first-order valence-corrected chi connectivity index (χ1v) is 25.9. The first kappa shape index (κ1) is 52.9. The molecule has 16 heteroatoms. The molecule has 0 fully saturated rings. The van der Waals surface area contributed by atoms with E-state index in [0.717, 1.165) is 55.0 Å². The highest BCUT2D eigenvalue weighted by atomic mass is 35.5. The molecule has 0 unspecified atom stereocenters. The zero-order valence-electron chi connectivity index (χ0n) is 43.2. The van der Waals surface area contributed by atoms with Crippen molar-refractivity contribution >= 4 is 85.2 Å². The second-order valence-electron chi connectivity index (χ2n) is 18.6. The standard InChI is InChI=1S/C22H19N3O.C21H16ClN3O.C21H16N4O3/c1-16-11-13-18(14-12-16)22(26)23-21-19-9-5-6-10-20(19)25(24-21)15-17-7-3-2-4-8-17;22-17-12-10-16(11-13-17)21(26)23-20-18-8-4-5-9-19(18)25(24-20)14-15-6-2-1-3-7-15;26-21(16-10-12-17(13-11-16)25(27)28)22-20-18-8-4-5-9-19(18)24(23-20)14-15-6-2-1-3-7-15/h2-14H,15H2,1H3,(H,23,24,26);1-13H,14H2,(H,23,24,26);1-13H,14H2,(H,22,23,26). The third-order valence-electron chi connectivity index (χ3n) is 13.0. The topological polar surface area (TPSA) is 184 Å². The van der Waals surface area contributed by atoms with Crippen molar-refractivity contribution in [3.63, 3.8) is 0 Å². The van der Waals surface area contributed by atoms with E-state index >= 15 is 0 Å². The Balaban J connectivity index is 0.000000135. The summed E-state index contributed by atoms with van der Waals surface area (Å²) in [6, 6.07) is 73.5. The average Bonchev–Trinajstić information content (AvgIpc) is 4.30. The molecule has 3 amide bonds. The number of halogens is 1. The van der Waals surface area contributed by atoms with Gasteiger partial charge in [-0.3, -0.25) is 38.5 Å². The first-order valence-electron chi connectivity index (χ1n) is 25.5. The lowest BCUT2D eigenvalue weighted by Crippen LogP contribution is -2.13. The molecule has 0 bridgehead atoms. The van der Waals surface area contributed by atoms with Gasteiger partial charge in [-0.2, -0.15) is 15.3 Å². The van der Waals surface area contributed by atoms with Gasteiger partial charge in [-0.25, -0.2) is 0 Å². The minimum atomic E-state index is -0.500. The van der Waals surface area contributed by atoms with Gasteiger partial charge in [-0.15, -0.1) is 0 Å². The van der Waals surface area contributed by atoms with Crippen molar-refractivity contribution in [2.75, 3.05) is 16.0 Å². The summed E-state index contributed by atoms with van der Waals surface area (Å²) in [5, 5.41) is 36.6. The second kappa shape index (κ2) is 24.7. The Morgan fingerprint density at radius 1 is 0.412 bits per heavy atom. The molecule has 0 spiro atoms. The lowest BCUT2D eigenvalue weighted by molar-refractivity contribution is -0.384. The maximum absolute atomic E-state index is 12.6. The summed E-state index contributed by atoms with van der Waals surface area (Å²) in [4.78, 5) is 48.0. The molecule has 0 saturated heterocycles. The van der Waals surface area contributed by atoms with Crippen LogP contribution < -0.4 is 16.0 Å². The molecule has 0 aliphatic rings. The predicted molar refractivity (Wildman–Crippen MR) is 315 cm³/mol. The SMILES string of the molecule is Cc1ccc(C(=O)Nc2nn(Cc3ccccc3)c3ccccc23)cc1.O=C(Nc1nn(Cc2ccccc2)c2ccccc12)c1ccc(Cl)cc1.O=C(Nc1nn(Cc2ccccc2)c2ccccc12)c1ccc([N+](=O)[O-])cc1. The van der Waals surface area contributed by atoms with Crippen molar-refractivity contribution in [3.05, 3.63) is 291 Å². The van der Waals surface area contributed by atoms with E-state index in [1.54, 1.807) is 24.3 Å². The summed E-state index contributed by atoms with van der Waals surface area (Å²) in [7, 11) is 0. The highest BCUT2D eigenvalue weighted by Gasteiger charge is 2.18. The number of benzene rings is 9. The van der Waals surface area contributed by atoms with Crippen molar-refractivity contribution in [2.45, 2.75) is 26.6 Å². The van der Waals surface area contributed by atoms with Crippen LogP contribution in [0.15, 0.2) is 237 Å². The zero-order chi connectivity index (χ0) is 55.4. The van der Waals surface area contributed by atoms with Gasteiger partial charge in [-0.05, 0) is 109 Å². The predicted octanol–water partition coefficient (Wildman–Crippen LogP) is 13.9. The van der Waals surface area contributed by atoms with E-state index in [4.69, 9.17) is 11.6 Å². The van der Waals surface area contributed by atoms with Crippen molar-refractivity contribution in [1.29, 1.82) is 0 Å². The number of rotatable bonds is 13. The molecule has 9 aromatic carbocycles. The lowest BCUT2D eigenvalue weighted by atomic mass is 10.1. The Morgan fingerprint density at radius 2 is 0.700 bits per heavy atom. The summed E-state index contributed by atoms with van der Waals surface area (Å²) in [6.07, 6.45) is 0. The van der Waals surface area contributed by atoms with E-state index in [-0.39, 0.29) is 23.4 Å². The number of carbonyl (C=O) groups is 3. The third kappa shape index (κ3) is 12.8. The van der Waals surface area contributed by atoms with Gasteiger partial charge in [-0.1, -0.05) is 157 Å². The number of non-ortho nitro benzene ring substituents is 1. The molecule has 3 N–H and O–H groups in total. The van der Waals surface area contributed by atoms with Crippen LogP contribution in [0.1, 0.15) is 53.3 Å². The fraction of sp³-hybridized carbons (Fsp3) is 0.0625. The molecule has 0 atom stereocenters. The van der Waals surface area contributed by atoms with Crippen LogP contribution in [0.25, 0.3) is 32.7 Å². The van der Waals surface area contributed by atoms with Crippen molar-refractivity contribution < 1.29 is 19.3 Å². The summed E-state index contributed by atoms with van der Waals surface area (Å²) in [5.74, 6) is 0.857. The number of hydrogen-bond donors (Lipinski definition) is 3. The van der Waals surface area contributed by atoms with Crippen LogP contribution in [0.5, 0.6) is 0 Å². The minimum absolute atomic E-state index is 0.0610. The minimum Gasteiger partial charge on any atom is -0.305 e. The van der Waals surface area contributed by atoms with Crippen LogP contribution in [0.2, 0.25) is 5.02 Å². The summed E-state index contributed by atoms with van der Waals surface area (Å²) in [5.41, 5.74) is 8.84. The number of anilines is 3. The van der Waals surface area contributed by atoms with Gasteiger partial charge in [0, 0.05) is 50.0 Å². The number of nitro benzene ring substituents is 1. The highest BCUT2D eigenvalue weighted by Crippen LogP contribution is 2.28. The molecule has 12 aromatic rings. The number of aromatic nitrogens is 6. The molecule has 0 radical (unpaired) electrons. The van der Waals surface area contributed by atoms with Crippen molar-refractivity contribution in [3.8, 4) is 0 Å². The summed E-state index contributed by atoms with van der Waals surface area (Å²) < 4.78 is 5.67. The van der Waals surface area contributed by atoms with Gasteiger partial charge in [0.05, 0.1) is 41.1 Å². The maximum Gasteiger partial charge on any atom is 0.269 e. The van der Waals surface area contributed by atoms with E-state index < -0.39 is 4.92 Å². The number of nitrogens with one attached hydrogen (secondary N) is 3. The van der Waals surface area contributed by atoms with Gasteiger partial charge in [0.25, 0.3) is 23.4 Å². The molecule has 0 aliphatic carbocycles. The number of para-hydroxylation sites is 3. The van der Waals surface area contributed by atoms with E-state index in [1.807, 2.05) is 185 Å². The van der Waals surface area contributed by atoms with E-state index in [9.17, 15) is 24.5 Å². The summed E-state index contributed by atoms with van der Waals surface area (Å²) >= 11 is 5.89.